The second-order valence-corrected chi connectivity index (χ2v) is 11.8. The summed E-state index contributed by atoms with van der Waals surface area (Å²) in [6.45, 7) is 5.53. The topological polar surface area (TPSA) is 68.6 Å². The number of ether oxygens (including phenoxy) is 1. The Morgan fingerprint density at radius 2 is 1.73 bits per heavy atom. The molecule has 0 spiro atoms. The monoisotopic (exact) mass is 510 g/mol. The number of rotatable bonds is 3. The first-order valence-corrected chi connectivity index (χ1v) is 12.9. The van der Waals surface area contributed by atoms with E-state index in [9.17, 15) is 14.4 Å². The Morgan fingerprint density at radius 3 is 2.45 bits per heavy atom. The molecular formula is C26H26N2O4Se. The summed E-state index contributed by atoms with van der Waals surface area (Å²) in [5, 5.41) is 0.947. The van der Waals surface area contributed by atoms with E-state index in [1.54, 1.807) is 9.47 Å². The van der Waals surface area contributed by atoms with Crippen molar-refractivity contribution in [2.45, 2.75) is 57.7 Å². The normalized spacial score (nSPS) is 20.0. The average Bonchev–Trinajstić information content (AvgIpc) is 3.31. The predicted octanol–water partition coefficient (Wildman–Crippen LogP) is 3.57. The van der Waals surface area contributed by atoms with Gasteiger partial charge >= 0.3 is 199 Å². The fraction of sp³-hybridized carbons (Fsp3) is 0.346. The molecule has 3 heterocycles. The summed E-state index contributed by atoms with van der Waals surface area (Å²) in [5.41, 5.74) is 1.89. The molecule has 0 saturated carbocycles. The summed E-state index contributed by atoms with van der Waals surface area (Å²) in [6.07, 6.45) is 0.939. The van der Waals surface area contributed by atoms with Gasteiger partial charge in [-0.25, -0.2) is 0 Å². The van der Waals surface area contributed by atoms with E-state index in [4.69, 9.17) is 4.74 Å². The van der Waals surface area contributed by atoms with Crippen molar-refractivity contribution in [3.05, 3.63) is 65.9 Å². The van der Waals surface area contributed by atoms with Crippen LogP contribution in [0.2, 0.25) is 0 Å². The second kappa shape index (κ2) is 8.15. The molecule has 1 fully saturated rings. The molecule has 2 aliphatic rings. The van der Waals surface area contributed by atoms with Gasteiger partial charge < -0.3 is 0 Å². The van der Waals surface area contributed by atoms with Gasteiger partial charge in [-0.1, -0.05) is 0 Å². The molecule has 7 heteroatoms. The van der Waals surface area contributed by atoms with Gasteiger partial charge in [0.1, 0.15) is 0 Å². The van der Waals surface area contributed by atoms with Crippen LogP contribution >= 0.6 is 0 Å². The Labute approximate surface area is 199 Å². The molecule has 1 aromatic heterocycles. The van der Waals surface area contributed by atoms with Crippen LogP contribution in [-0.4, -0.2) is 52.7 Å². The Hall–Kier alpha value is -2.89. The molecule has 0 N–H and O–H groups in total. The van der Waals surface area contributed by atoms with Crippen molar-refractivity contribution in [2.24, 2.45) is 0 Å². The molecule has 0 aliphatic carbocycles. The zero-order valence-corrected chi connectivity index (χ0v) is 20.6. The summed E-state index contributed by atoms with van der Waals surface area (Å²) in [6, 6.07) is 16.7. The number of hydrogen-bond donors (Lipinski definition) is 0. The van der Waals surface area contributed by atoms with E-state index in [0.717, 1.165) is 26.6 Å². The number of carbonyl (C=O) groups excluding carboxylic acids is 3. The third-order valence-electron chi connectivity index (χ3n) is 6.13. The van der Waals surface area contributed by atoms with Crippen LogP contribution in [0.25, 0.3) is 10.9 Å². The van der Waals surface area contributed by atoms with Crippen molar-refractivity contribution >= 4 is 47.0 Å². The first-order valence-electron chi connectivity index (χ1n) is 11.2. The predicted molar refractivity (Wildman–Crippen MR) is 127 cm³/mol. The number of para-hydroxylation sites is 1. The van der Waals surface area contributed by atoms with Crippen molar-refractivity contribution < 1.29 is 19.1 Å². The quantitative estimate of drug-likeness (QED) is 0.507. The van der Waals surface area contributed by atoms with E-state index in [0.29, 0.717) is 19.3 Å². The van der Waals surface area contributed by atoms with Gasteiger partial charge in [-0.05, 0) is 0 Å². The van der Waals surface area contributed by atoms with Gasteiger partial charge in [0, 0.05) is 0 Å². The molecule has 33 heavy (non-hydrogen) atoms. The molecule has 0 radical (unpaired) electrons. The van der Waals surface area contributed by atoms with Crippen LogP contribution in [0.3, 0.4) is 0 Å². The number of carbonyl (C=O) groups is 3. The molecular weight excluding hydrogens is 483 g/mol. The van der Waals surface area contributed by atoms with Crippen molar-refractivity contribution in [2.75, 3.05) is 0 Å². The van der Waals surface area contributed by atoms with Crippen molar-refractivity contribution in [1.82, 2.24) is 9.47 Å². The van der Waals surface area contributed by atoms with Crippen LogP contribution < -0.4 is 4.46 Å². The minimum atomic E-state index is -0.647. The third-order valence-corrected chi connectivity index (χ3v) is 8.19. The molecule has 2 aliphatic heterocycles. The number of hydrogen-bond acceptors (Lipinski definition) is 4. The average molecular weight is 509 g/mol. The van der Waals surface area contributed by atoms with E-state index in [1.165, 1.54) is 0 Å². The SMILES string of the molecule is CC(C)(C)OC(=O)n1c2c(c3ccccc31)C[C@@H](C(=O)[Se]c1ccccc1)N1C(=O)CC[C@H]21. The Morgan fingerprint density at radius 1 is 1.03 bits per heavy atom. The number of aromatic nitrogens is 1. The fourth-order valence-electron chi connectivity index (χ4n) is 4.92. The molecule has 1 saturated heterocycles. The molecule has 3 aromatic rings. The first-order chi connectivity index (χ1) is 15.7. The fourth-order valence-corrected chi connectivity index (χ4v) is 6.72. The summed E-state index contributed by atoms with van der Waals surface area (Å²) < 4.78 is 8.47. The zero-order chi connectivity index (χ0) is 23.3. The number of fused-ring (bicyclic) bond motifs is 5. The maximum absolute atomic E-state index is 13.5. The van der Waals surface area contributed by atoms with E-state index < -0.39 is 17.7 Å². The van der Waals surface area contributed by atoms with E-state index in [2.05, 4.69) is 0 Å². The van der Waals surface area contributed by atoms with Crippen molar-refractivity contribution in [3.63, 3.8) is 0 Å². The summed E-state index contributed by atoms with van der Waals surface area (Å²) in [4.78, 5) is 41.5. The molecule has 2 atom stereocenters. The summed E-state index contributed by atoms with van der Waals surface area (Å²) >= 11 is -0.389. The van der Waals surface area contributed by atoms with Gasteiger partial charge in [-0.15, -0.1) is 0 Å². The van der Waals surface area contributed by atoms with Crippen LogP contribution in [0.15, 0.2) is 54.6 Å². The first kappa shape index (κ1) is 21.9. The number of nitrogens with zero attached hydrogens (tertiary/aromatic N) is 2. The van der Waals surface area contributed by atoms with E-state index in [-0.39, 0.29) is 31.6 Å². The van der Waals surface area contributed by atoms with Gasteiger partial charge in [-0.3, -0.25) is 0 Å². The maximum atomic E-state index is 13.5. The molecule has 2 aromatic carbocycles. The van der Waals surface area contributed by atoms with Crippen LogP contribution in [0.4, 0.5) is 4.79 Å². The van der Waals surface area contributed by atoms with Crippen LogP contribution in [0, 0.1) is 0 Å². The van der Waals surface area contributed by atoms with Gasteiger partial charge in [0.05, 0.1) is 0 Å². The summed E-state index contributed by atoms with van der Waals surface area (Å²) in [7, 11) is 0. The van der Waals surface area contributed by atoms with Crippen molar-refractivity contribution in [3.8, 4) is 0 Å². The molecule has 170 valence electrons. The standard InChI is InChI=1S/C26H26N2O4Se/c1-26(2,3)32-25(31)28-19-12-8-7-11-17(19)18-15-21(24(30)33-16-9-5-4-6-10-16)27-20(23(18)28)13-14-22(27)29/h4-12,20-21H,13-15H2,1-3H3/t20-,21+/m1/s1. The molecule has 0 unspecified atom stereocenters. The third kappa shape index (κ3) is 3.90. The minimum absolute atomic E-state index is 0.0196. The Bertz CT molecular complexity index is 1260. The Kier molecular flexibility index (Phi) is 5.42. The molecule has 6 nitrogen and oxygen atoms in total. The number of benzene rings is 2. The van der Waals surface area contributed by atoms with Crippen LogP contribution in [-0.2, 0) is 20.7 Å². The molecule has 0 bridgehead atoms. The second-order valence-electron chi connectivity index (χ2n) is 9.51. The van der Waals surface area contributed by atoms with Gasteiger partial charge in [0.25, 0.3) is 0 Å². The molecule has 1 amide bonds. The zero-order valence-electron chi connectivity index (χ0n) is 18.9. The van der Waals surface area contributed by atoms with Crippen LogP contribution in [0.5, 0.6) is 0 Å². The van der Waals surface area contributed by atoms with Gasteiger partial charge in [0.2, 0.25) is 0 Å². The van der Waals surface area contributed by atoms with Gasteiger partial charge in [0.15, 0.2) is 0 Å². The summed E-state index contributed by atoms with van der Waals surface area (Å²) in [5.74, 6) is -0.0196. The van der Waals surface area contributed by atoms with Gasteiger partial charge in [-0.2, -0.15) is 0 Å². The van der Waals surface area contributed by atoms with E-state index >= 15 is 0 Å². The van der Waals surface area contributed by atoms with Crippen LogP contribution in [0.1, 0.15) is 50.9 Å². The van der Waals surface area contributed by atoms with E-state index in [1.807, 2.05) is 75.4 Å². The molecule has 5 rings (SSSR count). The Balaban J connectivity index is 1.62. The van der Waals surface area contributed by atoms with Crippen molar-refractivity contribution in [1.29, 1.82) is 0 Å². The number of amides is 1.